The Hall–Kier alpha value is -6.18. The summed E-state index contributed by atoms with van der Waals surface area (Å²) in [6, 6.07) is 14.2. The molecule has 14 heteroatoms. The molecular weight excluding hydrogens is 638 g/mol. The number of carbonyl (C=O) groups is 4. The summed E-state index contributed by atoms with van der Waals surface area (Å²) in [4.78, 5) is 57.3. The molecule has 5 aromatic rings. The molecule has 6 rings (SSSR count). The fourth-order valence-corrected chi connectivity index (χ4v) is 5.82. The topological polar surface area (TPSA) is 153 Å². The van der Waals surface area contributed by atoms with Crippen LogP contribution in [0.3, 0.4) is 0 Å². The Morgan fingerprint density at radius 3 is 2.51 bits per heavy atom. The molecule has 0 saturated heterocycles. The molecule has 250 valence electrons. The Balaban J connectivity index is 1.33. The normalized spacial score (nSPS) is 13.4. The van der Waals surface area contributed by atoms with E-state index in [0.717, 1.165) is 28.8 Å². The first-order valence-corrected chi connectivity index (χ1v) is 15.2. The molecule has 0 aliphatic heterocycles. The zero-order valence-corrected chi connectivity index (χ0v) is 26.6. The third-order valence-corrected chi connectivity index (χ3v) is 8.35. The van der Waals surface area contributed by atoms with Crippen molar-refractivity contribution >= 4 is 35.0 Å². The molecule has 1 aliphatic rings. The second-order valence-electron chi connectivity index (χ2n) is 11.3. The molecule has 3 N–H and O–H groups in total. The monoisotopic (exact) mass is 668 g/mol. The predicted octanol–water partition coefficient (Wildman–Crippen LogP) is 4.71. The van der Waals surface area contributed by atoms with Crippen LogP contribution in [0.2, 0.25) is 0 Å². The van der Waals surface area contributed by atoms with Crippen LogP contribution in [0.25, 0.3) is 5.65 Å². The third-order valence-electron chi connectivity index (χ3n) is 8.35. The number of ether oxygens (including phenoxy) is 2. The van der Waals surface area contributed by atoms with E-state index in [1.807, 2.05) is 6.92 Å². The van der Waals surface area contributed by atoms with Crippen LogP contribution in [0.15, 0.2) is 66.9 Å². The van der Waals surface area contributed by atoms with E-state index in [-0.39, 0.29) is 29.1 Å². The first kappa shape index (κ1) is 32.7. The van der Waals surface area contributed by atoms with Crippen molar-refractivity contribution < 1.29 is 37.4 Å². The summed E-state index contributed by atoms with van der Waals surface area (Å²) in [7, 11) is 2.81. The quantitative estimate of drug-likeness (QED) is 0.191. The van der Waals surface area contributed by atoms with E-state index in [0.29, 0.717) is 35.4 Å². The molecule has 0 saturated carbocycles. The van der Waals surface area contributed by atoms with Gasteiger partial charge in [-0.3, -0.25) is 14.4 Å². The molecule has 3 amide bonds. The van der Waals surface area contributed by atoms with Crippen LogP contribution in [-0.4, -0.2) is 52.5 Å². The van der Waals surface area contributed by atoms with Gasteiger partial charge < -0.3 is 25.4 Å². The number of esters is 1. The number of halogens is 2. The van der Waals surface area contributed by atoms with Gasteiger partial charge in [-0.25, -0.2) is 23.1 Å². The van der Waals surface area contributed by atoms with Crippen LogP contribution < -0.4 is 20.7 Å². The fourth-order valence-electron chi connectivity index (χ4n) is 5.82. The van der Waals surface area contributed by atoms with Crippen molar-refractivity contribution in [3.05, 3.63) is 123 Å². The molecule has 0 fully saturated rings. The maximum atomic E-state index is 13.9. The van der Waals surface area contributed by atoms with Gasteiger partial charge in [0.1, 0.15) is 22.7 Å². The molecule has 2 aromatic heterocycles. The number of carbonyl (C=O) groups excluding carboxylic acids is 4. The predicted molar refractivity (Wildman–Crippen MR) is 173 cm³/mol. The van der Waals surface area contributed by atoms with Crippen LogP contribution in [0, 0.1) is 18.6 Å². The number of nitrogens with one attached hydrogen (secondary N) is 3. The van der Waals surface area contributed by atoms with Gasteiger partial charge in [0.2, 0.25) is 0 Å². The van der Waals surface area contributed by atoms with E-state index in [1.165, 1.54) is 37.1 Å². The summed E-state index contributed by atoms with van der Waals surface area (Å²) in [6.07, 6.45) is 2.40. The lowest BCUT2D eigenvalue weighted by molar-refractivity contribution is 0.0599. The van der Waals surface area contributed by atoms with E-state index in [9.17, 15) is 28.0 Å². The minimum absolute atomic E-state index is 0.0238. The van der Waals surface area contributed by atoms with Gasteiger partial charge in [0.15, 0.2) is 17.3 Å². The van der Waals surface area contributed by atoms with Gasteiger partial charge in [-0.05, 0) is 72.4 Å². The lowest BCUT2D eigenvalue weighted by Gasteiger charge is -2.16. The minimum atomic E-state index is -1.07. The molecule has 12 nitrogen and oxygen atoms in total. The Kier molecular flexibility index (Phi) is 9.03. The van der Waals surface area contributed by atoms with Crippen molar-refractivity contribution in [1.29, 1.82) is 0 Å². The smallest absolute Gasteiger partial charge is 0.338 e. The highest BCUT2D eigenvalue weighted by molar-refractivity contribution is 6.09. The lowest BCUT2D eigenvalue weighted by Crippen LogP contribution is -2.31. The van der Waals surface area contributed by atoms with Crippen LogP contribution >= 0.6 is 0 Å². The second kappa shape index (κ2) is 13.5. The average Bonchev–Trinajstić information content (AvgIpc) is 3.73. The molecule has 0 spiro atoms. The maximum Gasteiger partial charge on any atom is 0.338 e. The largest absolute Gasteiger partial charge is 0.497 e. The number of benzene rings is 3. The second-order valence-corrected chi connectivity index (χ2v) is 11.3. The van der Waals surface area contributed by atoms with Crippen molar-refractivity contribution in [3.8, 4) is 5.75 Å². The lowest BCUT2D eigenvalue weighted by atomic mass is 9.98. The number of nitrogens with zero attached hydrogens (tertiary/aromatic N) is 3. The van der Waals surface area contributed by atoms with E-state index in [1.54, 1.807) is 36.4 Å². The Morgan fingerprint density at radius 2 is 1.76 bits per heavy atom. The van der Waals surface area contributed by atoms with Gasteiger partial charge in [0.05, 0.1) is 32.0 Å². The molecule has 1 aliphatic carbocycles. The highest BCUT2D eigenvalue weighted by Crippen LogP contribution is 2.35. The number of aromatic nitrogens is 3. The molecule has 0 bridgehead atoms. The summed E-state index contributed by atoms with van der Waals surface area (Å²) in [6.45, 7) is 1.66. The summed E-state index contributed by atoms with van der Waals surface area (Å²) < 4.78 is 38.5. The van der Waals surface area contributed by atoms with Crippen molar-refractivity contribution in [2.24, 2.45) is 0 Å². The zero-order chi connectivity index (χ0) is 34.8. The van der Waals surface area contributed by atoms with Crippen molar-refractivity contribution in [3.63, 3.8) is 0 Å². The average molecular weight is 669 g/mol. The van der Waals surface area contributed by atoms with Gasteiger partial charge >= 0.3 is 5.97 Å². The number of fused-ring (bicyclic) bond motifs is 2. The van der Waals surface area contributed by atoms with Crippen LogP contribution in [0.1, 0.15) is 76.4 Å². The van der Waals surface area contributed by atoms with Crippen molar-refractivity contribution in [2.45, 2.75) is 32.4 Å². The first-order chi connectivity index (χ1) is 23.6. The van der Waals surface area contributed by atoms with Crippen LogP contribution in [0.5, 0.6) is 5.75 Å². The van der Waals surface area contributed by atoms with Gasteiger partial charge in [0, 0.05) is 24.4 Å². The number of anilines is 1. The number of rotatable bonds is 9. The summed E-state index contributed by atoms with van der Waals surface area (Å²) in [5.41, 5.74) is 3.30. The SMILES string of the molecule is COC(=O)c1ccc2c(c1C)CC[C@@H]2NC(=O)c1cc(C(=O)NCc2ccc(F)c(F)c2)nc2c(C(=O)Nc3cccc(OC)c3)cnn12. The minimum Gasteiger partial charge on any atom is -0.497 e. The van der Waals surface area contributed by atoms with Crippen LogP contribution in [0.4, 0.5) is 14.5 Å². The molecular formula is C35H30F2N6O6. The Bertz CT molecular complexity index is 2150. The summed E-state index contributed by atoms with van der Waals surface area (Å²) >= 11 is 0. The summed E-state index contributed by atoms with van der Waals surface area (Å²) in [5.74, 6) is -3.98. The highest BCUT2D eigenvalue weighted by atomic mass is 19.2. The molecule has 1 atom stereocenters. The van der Waals surface area contributed by atoms with Crippen LogP contribution in [-0.2, 0) is 17.7 Å². The van der Waals surface area contributed by atoms with E-state index in [2.05, 4.69) is 26.0 Å². The number of hydrogen-bond donors (Lipinski definition) is 3. The number of hydrogen-bond acceptors (Lipinski definition) is 8. The van der Waals surface area contributed by atoms with Gasteiger partial charge in [-0.15, -0.1) is 0 Å². The van der Waals surface area contributed by atoms with E-state index < -0.39 is 41.4 Å². The van der Waals surface area contributed by atoms with Gasteiger partial charge in [-0.2, -0.15) is 5.10 Å². The Morgan fingerprint density at radius 1 is 0.939 bits per heavy atom. The number of methoxy groups -OCH3 is 2. The van der Waals surface area contributed by atoms with Crippen molar-refractivity contribution in [2.75, 3.05) is 19.5 Å². The fraction of sp³-hybridized carbons (Fsp3) is 0.200. The Labute approximate surface area is 278 Å². The van der Waals surface area contributed by atoms with E-state index >= 15 is 0 Å². The highest BCUT2D eigenvalue weighted by Gasteiger charge is 2.30. The molecule has 2 heterocycles. The van der Waals surface area contributed by atoms with Gasteiger partial charge in [0.25, 0.3) is 17.7 Å². The number of amides is 3. The summed E-state index contributed by atoms with van der Waals surface area (Å²) in [5, 5.41) is 12.6. The van der Waals surface area contributed by atoms with E-state index in [4.69, 9.17) is 9.47 Å². The third kappa shape index (κ3) is 6.52. The zero-order valence-electron chi connectivity index (χ0n) is 26.6. The first-order valence-electron chi connectivity index (χ1n) is 15.2. The van der Waals surface area contributed by atoms with Crippen molar-refractivity contribution in [1.82, 2.24) is 25.2 Å². The molecule has 0 unspecified atom stereocenters. The maximum absolute atomic E-state index is 13.9. The molecule has 3 aromatic carbocycles. The standard InChI is InChI=1S/C35H30F2N6O6/c1-18-22-10-12-28(24(22)9-8-23(18)35(47)49-3)42-34(46)30-15-29(33(45)38-16-19-7-11-26(36)27(37)13-19)41-31-25(17-39-43(30)31)32(44)40-20-5-4-6-21(14-20)48-2/h4-9,11,13-15,17,28H,10,12,16H2,1-3H3,(H,38,45)(H,40,44)(H,42,46)/t28-/m0/s1. The molecule has 0 radical (unpaired) electrons. The van der Waals surface area contributed by atoms with Gasteiger partial charge in [-0.1, -0.05) is 18.2 Å². The molecule has 49 heavy (non-hydrogen) atoms.